The van der Waals surface area contributed by atoms with Gasteiger partial charge >= 0.3 is 0 Å². The van der Waals surface area contributed by atoms with Crippen molar-refractivity contribution in [1.82, 2.24) is 0 Å². The van der Waals surface area contributed by atoms with Crippen LogP contribution in [0.4, 0.5) is 0 Å². The Bertz CT molecular complexity index is 1780. The van der Waals surface area contributed by atoms with E-state index in [1.54, 1.807) is 0 Å². The summed E-state index contributed by atoms with van der Waals surface area (Å²) in [6.07, 6.45) is -16.7. The Hall–Kier alpha value is -3.87. The summed E-state index contributed by atoms with van der Waals surface area (Å²) in [5.74, 6) is -1.56. The zero-order chi connectivity index (χ0) is 40.0. The first-order valence-electron chi connectivity index (χ1n) is 17.4. The van der Waals surface area contributed by atoms with Gasteiger partial charge in [-0.1, -0.05) is 0 Å². The molecule has 1 aromatic heterocycles. The number of hydrogen-bond acceptors (Lipinski definition) is 20. The molecule has 306 valence electrons. The summed E-state index contributed by atoms with van der Waals surface area (Å²) in [6.45, 7) is -1.35. The van der Waals surface area contributed by atoms with Gasteiger partial charge in [0.05, 0.1) is 32.5 Å². The fraction of sp³-hybridized carbons (Fsp3) is 0.571. The Morgan fingerprint density at radius 3 is 1.96 bits per heavy atom. The van der Waals surface area contributed by atoms with Crippen molar-refractivity contribution in [3.05, 3.63) is 40.1 Å². The molecule has 2 fully saturated rings. The Balaban J connectivity index is 1.59. The summed E-state index contributed by atoms with van der Waals surface area (Å²) in [5, 5.41) is 112. The number of ether oxygens (including phenoxy) is 7. The lowest BCUT2D eigenvalue weighted by molar-refractivity contribution is -0.318. The lowest BCUT2D eigenvalue weighted by Crippen LogP contribution is -2.61. The molecule has 0 radical (unpaired) electrons. The van der Waals surface area contributed by atoms with E-state index in [9.17, 15) is 61.0 Å². The summed E-state index contributed by atoms with van der Waals surface area (Å²) in [5.41, 5.74) is -1.23. The van der Waals surface area contributed by atoms with Crippen LogP contribution in [0.1, 0.15) is 12.5 Å². The van der Waals surface area contributed by atoms with E-state index in [0.717, 1.165) is 0 Å². The third-order valence-electron chi connectivity index (χ3n) is 8.93. The fourth-order valence-corrected chi connectivity index (χ4v) is 6.07. The molecular formula is C35H46O20. The van der Waals surface area contributed by atoms with Crippen LogP contribution in [-0.2, 0) is 20.6 Å². The quantitative estimate of drug-likeness (QED) is 0.0643. The number of benzene rings is 2. The molecule has 55 heavy (non-hydrogen) atoms. The minimum absolute atomic E-state index is 0.0108. The highest BCUT2D eigenvalue weighted by Crippen LogP contribution is 2.42. The van der Waals surface area contributed by atoms with Crippen molar-refractivity contribution in [1.29, 1.82) is 0 Å². The van der Waals surface area contributed by atoms with E-state index >= 15 is 0 Å². The highest BCUT2D eigenvalue weighted by molar-refractivity contribution is 5.90. The molecule has 5 rings (SSSR count). The first-order chi connectivity index (χ1) is 26.4. The van der Waals surface area contributed by atoms with E-state index in [2.05, 4.69) is 0 Å². The van der Waals surface area contributed by atoms with Crippen molar-refractivity contribution in [3.63, 3.8) is 0 Å². The lowest BCUT2D eigenvalue weighted by Gasteiger charge is -2.42. The van der Waals surface area contributed by atoms with Gasteiger partial charge in [-0.3, -0.25) is 4.79 Å². The van der Waals surface area contributed by atoms with Crippen molar-refractivity contribution in [2.24, 2.45) is 0 Å². The number of hydrogen-bond donors (Lipinski definition) is 11. The molecule has 0 amide bonds. The number of aromatic hydroxyl groups is 1. The van der Waals surface area contributed by atoms with Gasteiger partial charge in [-0.25, -0.2) is 0 Å². The average molecular weight is 787 g/mol. The van der Waals surface area contributed by atoms with E-state index < -0.39 is 110 Å². The van der Waals surface area contributed by atoms with Gasteiger partial charge in [0.15, 0.2) is 23.5 Å². The second-order valence-electron chi connectivity index (χ2n) is 12.7. The molecular weight excluding hydrogens is 740 g/mol. The highest BCUT2D eigenvalue weighted by atomic mass is 16.7. The van der Waals surface area contributed by atoms with Crippen LogP contribution >= 0.6 is 0 Å². The molecule has 0 spiro atoms. The smallest absolute Gasteiger partial charge is 0.239 e. The number of aliphatic hydroxyl groups is 10. The summed E-state index contributed by atoms with van der Waals surface area (Å²) in [7, 11) is 0. The maximum atomic E-state index is 14.4. The van der Waals surface area contributed by atoms with E-state index in [1.165, 1.54) is 31.2 Å². The molecule has 0 unspecified atom stereocenters. The van der Waals surface area contributed by atoms with Gasteiger partial charge in [-0.2, -0.15) is 0 Å². The van der Waals surface area contributed by atoms with Crippen molar-refractivity contribution < 1.29 is 93.7 Å². The maximum Gasteiger partial charge on any atom is 0.239 e. The predicted molar refractivity (Wildman–Crippen MR) is 184 cm³/mol. The van der Waals surface area contributed by atoms with E-state index in [4.69, 9.17) is 37.6 Å². The minimum Gasteiger partial charge on any atom is -0.507 e. The number of rotatable bonds is 17. The van der Waals surface area contributed by atoms with Crippen molar-refractivity contribution in [2.45, 2.75) is 74.8 Å². The highest BCUT2D eigenvalue weighted by Gasteiger charge is 2.48. The molecule has 2 aliphatic heterocycles. The maximum absolute atomic E-state index is 14.4. The Labute approximate surface area is 312 Å². The third kappa shape index (κ3) is 9.07. The second-order valence-corrected chi connectivity index (χ2v) is 12.7. The van der Waals surface area contributed by atoms with Gasteiger partial charge < -0.3 is 93.7 Å². The number of phenols is 1. The normalized spacial score (nSPS) is 28.3. The van der Waals surface area contributed by atoms with Crippen LogP contribution in [0.2, 0.25) is 0 Å². The average Bonchev–Trinajstić information content (AvgIpc) is 3.18. The summed E-state index contributed by atoms with van der Waals surface area (Å²) < 4.78 is 45.5. The van der Waals surface area contributed by atoms with E-state index in [-0.39, 0.29) is 72.6 Å². The Morgan fingerprint density at radius 1 is 0.691 bits per heavy atom. The van der Waals surface area contributed by atoms with Gasteiger partial charge in [-0.15, -0.1) is 0 Å². The molecule has 20 nitrogen and oxygen atoms in total. The van der Waals surface area contributed by atoms with Crippen LogP contribution in [0.25, 0.3) is 22.3 Å². The summed E-state index contributed by atoms with van der Waals surface area (Å²) >= 11 is 0. The van der Waals surface area contributed by atoms with Gasteiger partial charge in [0, 0.05) is 30.2 Å². The molecule has 10 atom stereocenters. The van der Waals surface area contributed by atoms with Crippen LogP contribution < -0.4 is 24.4 Å². The van der Waals surface area contributed by atoms with Crippen LogP contribution in [0.15, 0.2) is 33.5 Å². The van der Waals surface area contributed by atoms with Crippen molar-refractivity contribution >= 4 is 11.0 Å². The third-order valence-corrected chi connectivity index (χ3v) is 8.93. The van der Waals surface area contributed by atoms with E-state index in [1.807, 2.05) is 0 Å². The molecule has 11 N–H and O–H groups in total. The first-order valence-corrected chi connectivity index (χ1v) is 17.4. The van der Waals surface area contributed by atoms with Gasteiger partial charge in [0.25, 0.3) is 0 Å². The topological polar surface area (TPSA) is 317 Å². The summed E-state index contributed by atoms with van der Waals surface area (Å²) in [6, 6.07) is 5.41. The monoisotopic (exact) mass is 786 g/mol. The largest absolute Gasteiger partial charge is 0.507 e. The minimum atomic E-state index is -2.02. The molecule has 20 heteroatoms. The zero-order valence-electron chi connectivity index (χ0n) is 29.5. The summed E-state index contributed by atoms with van der Waals surface area (Å²) in [4.78, 5) is 14.4. The van der Waals surface area contributed by atoms with E-state index in [0.29, 0.717) is 0 Å². The predicted octanol–water partition coefficient (Wildman–Crippen LogP) is -3.16. The number of aliphatic hydroxyl groups excluding tert-OH is 10. The van der Waals surface area contributed by atoms with Crippen molar-refractivity contribution in [2.75, 3.05) is 52.9 Å². The second kappa shape index (κ2) is 18.8. The molecule has 3 heterocycles. The zero-order valence-corrected chi connectivity index (χ0v) is 29.5. The SMILES string of the molecule is C[C@@H]1O[C@@H](OC[C@H]2O[C@@H](Oc3c(-c4ccc(OCCO)c(OCCO)c4)oc4cc(OCCO)c(CCO)c(O)c4c3=O)[C@H](O)[C@@H](O)[C@@H]2O)[C@H](O)[C@H](O)[C@H]1O. The first kappa shape index (κ1) is 42.3. The Kier molecular flexibility index (Phi) is 14.5. The lowest BCUT2D eigenvalue weighted by atomic mass is 9.98. The number of phenolic OH excluding ortho intramolecular Hbond substituents is 1. The molecule has 2 aliphatic rings. The molecule has 0 bridgehead atoms. The molecule has 2 aromatic carbocycles. The van der Waals surface area contributed by atoms with Gasteiger partial charge in [0.2, 0.25) is 17.5 Å². The molecule has 3 aromatic rings. The number of fused-ring (bicyclic) bond motifs is 1. The van der Waals surface area contributed by atoms with Gasteiger partial charge in [-0.05, 0) is 25.1 Å². The molecule has 0 aliphatic carbocycles. The standard InChI is InChI=1S/C35H46O20/c1-15-24(40)28(44)30(46)34(52-15)51-14-22-26(42)29(45)31(47)35(54-22)55-33-27(43)23-21(13-19(49-10-7-38)17(4-5-36)25(23)41)53-32(33)16-2-3-18(48-9-6-37)20(12-16)50-11-8-39/h2-3,12-13,15,22,24,26,28-31,34-42,44-47H,4-11,14H2,1H3/t15-,22+,24-,26+,28+,29-,30+,31+,34+,35-/m0/s1. The Morgan fingerprint density at radius 2 is 1.31 bits per heavy atom. The van der Waals surface area contributed by atoms with Gasteiger partial charge in [0.1, 0.15) is 85.0 Å². The van der Waals surface area contributed by atoms with Crippen LogP contribution in [0.5, 0.6) is 28.7 Å². The molecule has 0 saturated carbocycles. The van der Waals surface area contributed by atoms with Crippen molar-refractivity contribution in [3.8, 4) is 40.1 Å². The molecule has 2 saturated heterocycles. The fourth-order valence-electron chi connectivity index (χ4n) is 6.07. The van der Waals surface area contributed by atoms with Crippen LogP contribution in [0.3, 0.4) is 0 Å². The van der Waals surface area contributed by atoms with Crippen LogP contribution in [-0.4, -0.2) is 170 Å². The van der Waals surface area contributed by atoms with Crippen LogP contribution in [0, 0.1) is 0 Å².